The van der Waals surface area contributed by atoms with Crippen molar-refractivity contribution in [2.24, 2.45) is 10.7 Å². The first-order valence-corrected chi connectivity index (χ1v) is 6.95. The van der Waals surface area contributed by atoms with Crippen LogP contribution in [0.5, 0.6) is 0 Å². The Balaban J connectivity index is 1.71. The monoisotopic (exact) mass is 238 g/mol. The standard InChI is InChI=1S/C13H26N4/c1-11-5-3-4-9-17(11)10-8-15-13(14)16(2)12-6-7-12/h11-12H,3-10H2,1-2H3,(H2,14,15). The van der Waals surface area contributed by atoms with E-state index in [-0.39, 0.29) is 0 Å². The van der Waals surface area contributed by atoms with Crippen molar-refractivity contribution in [1.29, 1.82) is 0 Å². The smallest absolute Gasteiger partial charge is 0.191 e. The Morgan fingerprint density at radius 1 is 1.35 bits per heavy atom. The van der Waals surface area contributed by atoms with E-state index in [4.69, 9.17) is 5.73 Å². The van der Waals surface area contributed by atoms with Gasteiger partial charge in [0, 0.05) is 25.7 Å². The highest BCUT2D eigenvalue weighted by molar-refractivity contribution is 5.78. The van der Waals surface area contributed by atoms with Gasteiger partial charge in [-0.2, -0.15) is 0 Å². The highest BCUT2D eigenvalue weighted by atomic mass is 15.3. The summed E-state index contributed by atoms with van der Waals surface area (Å²) in [4.78, 5) is 9.16. The van der Waals surface area contributed by atoms with Crippen LogP contribution in [-0.2, 0) is 0 Å². The molecule has 2 rings (SSSR count). The lowest BCUT2D eigenvalue weighted by Gasteiger charge is -2.32. The van der Waals surface area contributed by atoms with E-state index in [1.807, 2.05) is 0 Å². The number of guanidine groups is 1. The average Bonchev–Trinajstić information content (AvgIpc) is 3.14. The normalized spacial score (nSPS) is 27.2. The van der Waals surface area contributed by atoms with Crippen LogP contribution in [-0.4, -0.2) is 54.5 Å². The van der Waals surface area contributed by atoms with Crippen LogP contribution in [0.15, 0.2) is 4.99 Å². The molecule has 0 spiro atoms. The first-order chi connectivity index (χ1) is 8.18. The first kappa shape index (κ1) is 12.7. The molecule has 1 aliphatic heterocycles. The van der Waals surface area contributed by atoms with Crippen LogP contribution in [0.25, 0.3) is 0 Å². The van der Waals surface area contributed by atoms with Gasteiger partial charge < -0.3 is 10.6 Å². The number of aliphatic imine (C=N–C) groups is 1. The molecule has 2 aliphatic rings. The third-order valence-corrected chi connectivity index (χ3v) is 4.06. The van der Waals surface area contributed by atoms with Gasteiger partial charge in [-0.15, -0.1) is 0 Å². The van der Waals surface area contributed by atoms with Gasteiger partial charge in [-0.1, -0.05) is 6.42 Å². The molecule has 1 saturated heterocycles. The molecule has 1 aliphatic carbocycles. The number of nitrogens with zero attached hydrogens (tertiary/aromatic N) is 3. The van der Waals surface area contributed by atoms with Crippen molar-refractivity contribution in [2.45, 2.75) is 51.1 Å². The lowest BCUT2D eigenvalue weighted by molar-refractivity contribution is 0.165. The fourth-order valence-electron chi connectivity index (χ4n) is 2.54. The first-order valence-electron chi connectivity index (χ1n) is 6.95. The second-order valence-electron chi connectivity index (χ2n) is 5.46. The van der Waals surface area contributed by atoms with E-state index in [1.54, 1.807) is 0 Å². The van der Waals surface area contributed by atoms with Gasteiger partial charge in [0.1, 0.15) is 0 Å². The maximum absolute atomic E-state index is 5.97. The zero-order valence-corrected chi connectivity index (χ0v) is 11.2. The van der Waals surface area contributed by atoms with Gasteiger partial charge in [0.25, 0.3) is 0 Å². The Hall–Kier alpha value is -0.770. The maximum Gasteiger partial charge on any atom is 0.191 e. The van der Waals surface area contributed by atoms with Crippen molar-refractivity contribution in [3.8, 4) is 0 Å². The summed E-state index contributed by atoms with van der Waals surface area (Å²) in [6.45, 7) is 5.45. The molecule has 2 N–H and O–H groups in total. The van der Waals surface area contributed by atoms with Crippen molar-refractivity contribution in [3.63, 3.8) is 0 Å². The predicted octanol–water partition coefficient (Wildman–Crippen LogP) is 1.27. The van der Waals surface area contributed by atoms with Gasteiger partial charge in [-0.25, -0.2) is 0 Å². The Labute approximate surface area is 105 Å². The van der Waals surface area contributed by atoms with Crippen molar-refractivity contribution in [1.82, 2.24) is 9.80 Å². The van der Waals surface area contributed by atoms with Crippen LogP contribution in [0, 0.1) is 0 Å². The molecule has 0 aromatic carbocycles. The summed E-state index contributed by atoms with van der Waals surface area (Å²) in [6.07, 6.45) is 6.60. The van der Waals surface area contributed by atoms with Crippen LogP contribution >= 0.6 is 0 Å². The van der Waals surface area contributed by atoms with Crippen molar-refractivity contribution < 1.29 is 0 Å². The van der Waals surface area contributed by atoms with Gasteiger partial charge in [0.05, 0.1) is 6.54 Å². The Bertz CT molecular complexity index is 273. The summed E-state index contributed by atoms with van der Waals surface area (Å²) in [5.41, 5.74) is 5.97. The largest absolute Gasteiger partial charge is 0.370 e. The van der Waals surface area contributed by atoms with Gasteiger partial charge in [-0.3, -0.25) is 9.89 Å². The topological polar surface area (TPSA) is 44.9 Å². The third-order valence-electron chi connectivity index (χ3n) is 4.06. The van der Waals surface area contributed by atoms with E-state index in [9.17, 15) is 0 Å². The minimum atomic E-state index is 0.660. The molecule has 2 fully saturated rings. The van der Waals surface area contributed by atoms with Gasteiger partial charge in [0.15, 0.2) is 5.96 Å². The van der Waals surface area contributed by atoms with Gasteiger partial charge in [0.2, 0.25) is 0 Å². The van der Waals surface area contributed by atoms with Crippen molar-refractivity contribution in [2.75, 3.05) is 26.7 Å². The number of hydrogen-bond donors (Lipinski definition) is 1. The fraction of sp³-hybridized carbons (Fsp3) is 0.923. The molecule has 1 saturated carbocycles. The molecule has 1 atom stereocenters. The summed E-state index contributed by atoms with van der Waals surface area (Å²) in [5.74, 6) is 0.720. The van der Waals surface area contributed by atoms with E-state index in [0.717, 1.165) is 25.1 Å². The van der Waals surface area contributed by atoms with E-state index >= 15 is 0 Å². The molecule has 17 heavy (non-hydrogen) atoms. The molecule has 98 valence electrons. The maximum atomic E-state index is 5.97. The van der Waals surface area contributed by atoms with Crippen LogP contribution in [0.2, 0.25) is 0 Å². The molecule has 0 radical (unpaired) electrons. The average molecular weight is 238 g/mol. The highest BCUT2D eigenvalue weighted by Crippen LogP contribution is 2.24. The minimum absolute atomic E-state index is 0.660. The molecule has 0 amide bonds. The molecule has 4 heteroatoms. The molecular weight excluding hydrogens is 212 g/mol. The fourth-order valence-corrected chi connectivity index (χ4v) is 2.54. The van der Waals surface area contributed by atoms with Crippen LogP contribution in [0.3, 0.4) is 0 Å². The lowest BCUT2D eigenvalue weighted by Crippen LogP contribution is -2.40. The third kappa shape index (κ3) is 3.60. The summed E-state index contributed by atoms with van der Waals surface area (Å²) >= 11 is 0. The summed E-state index contributed by atoms with van der Waals surface area (Å²) < 4.78 is 0. The van der Waals surface area contributed by atoms with Gasteiger partial charge in [-0.05, 0) is 39.2 Å². The number of hydrogen-bond acceptors (Lipinski definition) is 2. The van der Waals surface area contributed by atoms with Crippen molar-refractivity contribution >= 4 is 5.96 Å². The van der Waals surface area contributed by atoms with Crippen LogP contribution in [0.1, 0.15) is 39.0 Å². The Kier molecular flexibility index (Phi) is 4.26. The number of likely N-dealkylation sites (tertiary alicyclic amines) is 1. The summed E-state index contributed by atoms with van der Waals surface area (Å²) in [7, 11) is 2.06. The van der Waals surface area contributed by atoms with Crippen LogP contribution in [0.4, 0.5) is 0 Å². The molecule has 1 heterocycles. The molecular formula is C13H26N4. The Morgan fingerprint density at radius 3 is 2.76 bits per heavy atom. The number of nitrogens with two attached hydrogens (primary N) is 1. The van der Waals surface area contributed by atoms with E-state index < -0.39 is 0 Å². The zero-order chi connectivity index (χ0) is 12.3. The molecule has 1 unspecified atom stereocenters. The van der Waals surface area contributed by atoms with E-state index in [1.165, 1.54) is 38.6 Å². The second-order valence-corrected chi connectivity index (χ2v) is 5.46. The number of piperidine rings is 1. The minimum Gasteiger partial charge on any atom is -0.370 e. The SMILES string of the molecule is CC1CCCCN1CCN=C(N)N(C)C1CC1. The molecule has 4 nitrogen and oxygen atoms in total. The zero-order valence-electron chi connectivity index (χ0n) is 11.2. The number of rotatable bonds is 4. The molecule has 0 aromatic heterocycles. The van der Waals surface area contributed by atoms with E-state index in [2.05, 4.69) is 28.8 Å². The van der Waals surface area contributed by atoms with Gasteiger partial charge >= 0.3 is 0 Å². The van der Waals surface area contributed by atoms with Crippen molar-refractivity contribution in [3.05, 3.63) is 0 Å². The second kappa shape index (κ2) is 5.71. The van der Waals surface area contributed by atoms with E-state index in [0.29, 0.717) is 6.04 Å². The predicted molar refractivity (Wildman–Crippen MR) is 72.2 cm³/mol. The summed E-state index contributed by atoms with van der Waals surface area (Å²) in [5, 5.41) is 0. The quantitative estimate of drug-likeness (QED) is 0.592. The Morgan fingerprint density at radius 2 is 2.12 bits per heavy atom. The van der Waals surface area contributed by atoms with Crippen LogP contribution < -0.4 is 5.73 Å². The molecule has 0 bridgehead atoms. The lowest BCUT2D eigenvalue weighted by atomic mass is 10.0. The molecule has 0 aromatic rings. The highest BCUT2D eigenvalue weighted by Gasteiger charge is 2.27. The summed E-state index contributed by atoms with van der Waals surface area (Å²) in [6, 6.07) is 1.38.